The van der Waals surface area contributed by atoms with E-state index in [1.807, 2.05) is 7.05 Å². The first-order valence-corrected chi connectivity index (χ1v) is 4.07. The molecule has 1 aliphatic rings. The summed E-state index contributed by atoms with van der Waals surface area (Å²) in [5.74, 6) is 0. The van der Waals surface area contributed by atoms with E-state index in [1.165, 1.54) is 0 Å². The topological polar surface area (TPSA) is 69.8 Å². The van der Waals surface area contributed by atoms with Crippen LogP contribution in [0.1, 0.15) is 12.8 Å². The van der Waals surface area contributed by atoms with E-state index >= 15 is 0 Å². The van der Waals surface area contributed by atoms with E-state index in [1.54, 1.807) is 0 Å². The lowest BCUT2D eigenvalue weighted by Gasteiger charge is -2.32. The third kappa shape index (κ3) is 2.09. The normalized spacial score (nSPS) is 20.8. The maximum atomic E-state index is 10.6. The molecule has 0 atom stereocenters. The Hall–Kier alpha value is -0.810. The summed E-state index contributed by atoms with van der Waals surface area (Å²) in [4.78, 5) is 12.7. The van der Waals surface area contributed by atoms with E-state index in [2.05, 4.69) is 4.90 Å². The van der Waals surface area contributed by atoms with Crippen molar-refractivity contribution in [2.45, 2.75) is 18.9 Å². The van der Waals surface area contributed by atoms with Gasteiger partial charge in [-0.2, -0.15) is 0 Å². The summed E-state index contributed by atoms with van der Waals surface area (Å²) in [7, 11) is 2.02. The molecule has 5 nitrogen and oxygen atoms in total. The zero-order valence-corrected chi connectivity index (χ0v) is 7.23. The van der Waals surface area contributed by atoms with Gasteiger partial charge in [0.1, 0.15) is 0 Å². The van der Waals surface area contributed by atoms with Gasteiger partial charge in [-0.15, -0.1) is 0 Å². The molecule has 0 saturated carbocycles. The highest BCUT2D eigenvalue weighted by molar-refractivity contribution is 5.70. The lowest BCUT2D eigenvalue weighted by Crippen LogP contribution is -2.46. The standard InChI is InChI=1S/C7H15N3O2/c1-9-4-2-6(3-5-9)10(12)7(8)11/h6,12H,2-5H2,1H3,(H2,8,11). The number of carbonyl (C=O) groups is 1. The second-order valence-corrected chi connectivity index (χ2v) is 3.22. The average Bonchev–Trinajstić information content (AvgIpc) is 2.04. The van der Waals surface area contributed by atoms with Gasteiger partial charge in [0.05, 0.1) is 6.04 Å². The minimum Gasteiger partial charge on any atom is -0.350 e. The summed E-state index contributed by atoms with van der Waals surface area (Å²) in [6.45, 7) is 1.80. The number of nitrogens with two attached hydrogens (primary N) is 1. The molecular formula is C7H15N3O2. The van der Waals surface area contributed by atoms with E-state index in [0.29, 0.717) is 5.06 Å². The highest BCUT2D eigenvalue weighted by Crippen LogP contribution is 2.13. The summed E-state index contributed by atoms with van der Waals surface area (Å²) in [6, 6.07) is -0.858. The van der Waals surface area contributed by atoms with Crippen molar-refractivity contribution in [1.29, 1.82) is 0 Å². The maximum Gasteiger partial charge on any atom is 0.338 e. The molecule has 0 aromatic carbocycles. The molecular weight excluding hydrogens is 158 g/mol. The fourth-order valence-electron chi connectivity index (χ4n) is 1.42. The number of amides is 2. The summed E-state index contributed by atoms with van der Waals surface area (Å²) in [6.07, 6.45) is 1.58. The van der Waals surface area contributed by atoms with Crippen LogP contribution in [-0.4, -0.2) is 47.4 Å². The van der Waals surface area contributed by atoms with Gasteiger partial charge < -0.3 is 10.6 Å². The molecule has 0 unspecified atom stereocenters. The third-order valence-electron chi connectivity index (χ3n) is 2.26. The lowest BCUT2D eigenvalue weighted by molar-refractivity contribution is -0.0882. The predicted molar refractivity (Wildman–Crippen MR) is 43.7 cm³/mol. The van der Waals surface area contributed by atoms with Crippen LogP contribution in [0.3, 0.4) is 0 Å². The van der Waals surface area contributed by atoms with Crippen molar-refractivity contribution in [3.05, 3.63) is 0 Å². The van der Waals surface area contributed by atoms with Crippen molar-refractivity contribution >= 4 is 6.03 Å². The zero-order chi connectivity index (χ0) is 9.14. The quantitative estimate of drug-likeness (QED) is 0.428. The summed E-state index contributed by atoms with van der Waals surface area (Å²) in [5.41, 5.74) is 4.92. The van der Waals surface area contributed by atoms with Gasteiger partial charge in [-0.1, -0.05) is 0 Å². The van der Waals surface area contributed by atoms with E-state index in [-0.39, 0.29) is 6.04 Å². The second kappa shape index (κ2) is 3.73. The number of likely N-dealkylation sites (tertiary alicyclic amines) is 1. The Morgan fingerprint density at radius 2 is 2.08 bits per heavy atom. The highest BCUT2D eigenvalue weighted by atomic mass is 16.5. The van der Waals surface area contributed by atoms with Crippen LogP contribution in [0.2, 0.25) is 0 Å². The Morgan fingerprint density at radius 1 is 1.58 bits per heavy atom. The van der Waals surface area contributed by atoms with Crippen LogP contribution in [-0.2, 0) is 0 Å². The molecule has 0 aromatic rings. The Morgan fingerprint density at radius 3 is 2.50 bits per heavy atom. The van der Waals surface area contributed by atoms with Gasteiger partial charge in [-0.3, -0.25) is 5.21 Å². The van der Waals surface area contributed by atoms with Gasteiger partial charge >= 0.3 is 6.03 Å². The van der Waals surface area contributed by atoms with Crippen LogP contribution in [0.15, 0.2) is 0 Å². The fraction of sp³-hybridized carbons (Fsp3) is 0.857. The number of primary amides is 1. The Balaban J connectivity index is 2.39. The van der Waals surface area contributed by atoms with Gasteiger partial charge in [-0.05, 0) is 33.0 Å². The Labute approximate surface area is 71.7 Å². The van der Waals surface area contributed by atoms with Crippen molar-refractivity contribution in [2.24, 2.45) is 5.73 Å². The minimum atomic E-state index is -0.760. The number of hydrogen-bond donors (Lipinski definition) is 2. The second-order valence-electron chi connectivity index (χ2n) is 3.22. The van der Waals surface area contributed by atoms with Gasteiger partial charge in [0.2, 0.25) is 0 Å². The largest absolute Gasteiger partial charge is 0.350 e. The number of hydrogen-bond acceptors (Lipinski definition) is 3. The lowest BCUT2D eigenvalue weighted by atomic mass is 10.1. The average molecular weight is 173 g/mol. The number of rotatable bonds is 1. The van der Waals surface area contributed by atoms with Gasteiger partial charge in [0.15, 0.2) is 0 Å². The molecule has 1 fully saturated rings. The van der Waals surface area contributed by atoms with Crippen LogP contribution in [0.4, 0.5) is 4.79 Å². The molecule has 5 heteroatoms. The SMILES string of the molecule is CN1CCC(N(O)C(N)=O)CC1. The number of hydroxylamine groups is 2. The molecule has 70 valence electrons. The van der Waals surface area contributed by atoms with Gasteiger partial charge in [0.25, 0.3) is 0 Å². The van der Waals surface area contributed by atoms with Crippen LogP contribution in [0.25, 0.3) is 0 Å². The van der Waals surface area contributed by atoms with Gasteiger partial charge in [-0.25, -0.2) is 9.86 Å². The first kappa shape index (κ1) is 9.28. The van der Waals surface area contributed by atoms with E-state index in [0.717, 1.165) is 25.9 Å². The van der Waals surface area contributed by atoms with Gasteiger partial charge in [0, 0.05) is 0 Å². The van der Waals surface area contributed by atoms with Crippen LogP contribution in [0.5, 0.6) is 0 Å². The Bertz CT molecular complexity index is 166. The predicted octanol–water partition coefficient (Wildman–Crippen LogP) is -0.150. The van der Waals surface area contributed by atoms with Crippen molar-refractivity contribution in [1.82, 2.24) is 9.96 Å². The number of piperidine rings is 1. The molecule has 1 heterocycles. The summed E-state index contributed by atoms with van der Waals surface area (Å²) < 4.78 is 0. The molecule has 1 aliphatic heterocycles. The molecule has 3 N–H and O–H groups in total. The first-order chi connectivity index (χ1) is 5.61. The molecule has 0 aliphatic carbocycles. The van der Waals surface area contributed by atoms with Crippen LogP contribution in [0, 0.1) is 0 Å². The molecule has 1 saturated heterocycles. The van der Waals surface area contributed by atoms with E-state index in [9.17, 15) is 10.0 Å². The number of carbonyl (C=O) groups excluding carboxylic acids is 1. The van der Waals surface area contributed by atoms with Crippen molar-refractivity contribution < 1.29 is 10.0 Å². The third-order valence-corrected chi connectivity index (χ3v) is 2.26. The maximum absolute atomic E-state index is 10.6. The molecule has 0 spiro atoms. The molecule has 1 rings (SSSR count). The monoisotopic (exact) mass is 173 g/mol. The Kier molecular flexibility index (Phi) is 2.88. The molecule has 2 amide bonds. The zero-order valence-electron chi connectivity index (χ0n) is 7.23. The fourth-order valence-corrected chi connectivity index (χ4v) is 1.42. The van der Waals surface area contributed by atoms with E-state index in [4.69, 9.17) is 5.73 Å². The smallest absolute Gasteiger partial charge is 0.338 e. The molecule has 12 heavy (non-hydrogen) atoms. The summed E-state index contributed by atoms with van der Waals surface area (Å²) in [5, 5.41) is 9.82. The summed E-state index contributed by atoms with van der Waals surface area (Å²) >= 11 is 0. The highest BCUT2D eigenvalue weighted by Gasteiger charge is 2.23. The van der Waals surface area contributed by atoms with Crippen molar-refractivity contribution in [2.75, 3.05) is 20.1 Å². The van der Waals surface area contributed by atoms with Crippen LogP contribution >= 0.6 is 0 Å². The number of urea groups is 1. The van der Waals surface area contributed by atoms with E-state index < -0.39 is 6.03 Å². The molecule has 0 radical (unpaired) electrons. The van der Waals surface area contributed by atoms with Crippen molar-refractivity contribution in [3.63, 3.8) is 0 Å². The molecule has 0 bridgehead atoms. The number of nitrogens with zero attached hydrogens (tertiary/aromatic N) is 2. The minimum absolute atomic E-state index is 0.0984. The van der Waals surface area contributed by atoms with Crippen LogP contribution < -0.4 is 5.73 Å². The first-order valence-electron chi connectivity index (χ1n) is 4.07. The molecule has 0 aromatic heterocycles. The van der Waals surface area contributed by atoms with Crippen molar-refractivity contribution in [3.8, 4) is 0 Å².